The fourth-order valence-electron chi connectivity index (χ4n) is 3.49. The number of H-pyrrole nitrogens is 1. The van der Waals surface area contributed by atoms with Crippen LogP contribution in [0.4, 0.5) is 16.2 Å². The highest BCUT2D eigenvalue weighted by Gasteiger charge is 2.26. The summed E-state index contributed by atoms with van der Waals surface area (Å²) in [5, 5.41) is 21.7. The van der Waals surface area contributed by atoms with E-state index in [0.29, 0.717) is 54.2 Å². The summed E-state index contributed by atoms with van der Waals surface area (Å²) in [6.07, 6.45) is 0.599. The van der Waals surface area contributed by atoms with Crippen LogP contribution in [-0.2, 0) is 0 Å². The molecule has 2 aromatic carbocycles. The zero-order valence-corrected chi connectivity index (χ0v) is 17.1. The second kappa shape index (κ2) is 8.60. The van der Waals surface area contributed by atoms with Crippen molar-refractivity contribution in [2.75, 3.05) is 31.5 Å². The molecule has 0 radical (unpaired) electrons. The Morgan fingerprint density at radius 3 is 2.52 bits per heavy atom. The van der Waals surface area contributed by atoms with Crippen molar-refractivity contribution < 1.29 is 14.5 Å². The first-order chi connectivity index (χ1) is 14.9. The number of hydrogen-bond donors (Lipinski definition) is 2. The van der Waals surface area contributed by atoms with E-state index < -0.39 is 4.92 Å². The molecule has 3 amide bonds. The number of non-ortho nitro benzene ring substituents is 1. The van der Waals surface area contributed by atoms with Gasteiger partial charge in [-0.3, -0.25) is 20.0 Å². The first-order valence-electron chi connectivity index (χ1n) is 9.65. The van der Waals surface area contributed by atoms with Gasteiger partial charge in [-0.25, -0.2) is 4.79 Å². The van der Waals surface area contributed by atoms with E-state index in [4.69, 9.17) is 11.6 Å². The van der Waals surface area contributed by atoms with E-state index in [0.717, 1.165) is 0 Å². The third-order valence-electron chi connectivity index (χ3n) is 5.13. The Balaban J connectivity index is 1.45. The molecule has 11 heteroatoms. The molecule has 31 heavy (non-hydrogen) atoms. The molecule has 2 heterocycles. The normalized spacial score (nSPS) is 14.4. The van der Waals surface area contributed by atoms with Crippen molar-refractivity contribution in [1.29, 1.82) is 0 Å². The maximum Gasteiger partial charge on any atom is 0.321 e. The molecular weight excluding hydrogens is 424 g/mol. The number of nitrogens with one attached hydrogen (secondary N) is 2. The van der Waals surface area contributed by atoms with Gasteiger partial charge in [0.25, 0.3) is 11.6 Å². The third kappa shape index (κ3) is 4.43. The first-order valence-corrected chi connectivity index (χ1v) is 10.0. The monoisotopic (exact) mass is 442 g/mol. The Bertz CT molecular complexity index is 1150. The van der Waals surface area contributed by atoms with E-state index in [1.807, 2.05) is 0 Å². The minimum absolute atomic E-state index is 0.108. The van der Waals surface area contributed by atoms with Crippen LogP contribution in [0.25, 0.3) is 10.9 Å². The summed E-state index contributed by atoms with van der Waals surface area (Å²) in [5.41, 5.74) is 1.21. The van der Waals surface area contributed by atoms with Gasteiger partial charge in [-0.2, -0.15) is 5.10 Å². The van der Waals surface area contributed by atoms with Gasteiger partial charge in [0, 0.05) is 54.4 Å². The molecule has 1 aliphatic heterocycles. The zero-order chi connectivity index (χ0) is 22.0. The number of urea groups is 1. The topological polar surface area (TPSA) is 124 Å². The molecule has 1 fully saturated rings. The van der Waals surface area contributed by atoms with Gasteiger partial charge in [-0.1, -0.05) is 11.6 Å². The molecule has 0 bridgehead atoms. The Morgan fingerprint density at radius 1 is 1.06 bits per heavy atom. The minimum atomic E-state index is -0.510. The molecule has 0 spiro atoms. The van der Waals surface area contributed by atoms with Crippen LogP contribution in [0.2, 0.25) is 5.02 Å². The lowest BCUT2D eigenvalue weighted by Crippen LogP contribution is -2.39. The van der Waals surface area contributed by atoms with Crippen LogP contribution in [0.5, 0.6) is 0 Å². The average Bonchev–Trinajstić information content (AvgIpc) is 3.02. The zero-order valence-electron chi connectivity index (χ0n) is 16.4. The van der Waals surface area contributed by atoms with E-state index in [1.54, 1.807) is 34.1 Å². The number of halogens is 1. The van der Waals surface area contributed by atoms with Crippen molar-refractivity contribution in [3.63, 3.8) is 0 Å². The molecule has 1 aromatic heterocycles. The van der Waals surface area contributed by atoms with Gasteiger partial charge in [0.2, 0.25) is 0 Å². The maximum atomic E-state index is 13.1. The predicted octanol–water partition coefficient (Wildman–Crippen LogP) is 3.50. The highest BCUT2D eigenvalue weighted by Crippen LogP contribution is 2.23. The Hall–Kier alpha value is -3.66. The summed E-state index contributed by atoms with van der Waals surface area (Å²) in [5.74, 6) is -0.327. The minimum Gasteiger partial charge on any atom is -0.335 e. The van der Waals surface area contributed by atoms with E-state index in [9.17, 15) is 19.7 Å². The molecule has 160 valence electrons. The van der Waals surface area contributed by atoms with Crippen molar-refractivity contribution in [1.82, 2.24) is 20.0 Å². The van der Waals surface area contributed by atoms with E-state index in [1.165, 1.54) is 18.2 Å². The fraction of sp³-hybridized carbons (Fsp3) is 0.250. The average molecular weight is 443 g/mol. The predicted molar refractivity (Wildman–Crippen MR) is 115 cm³/mol. The van der Waals surface area contributed by atoms with Gasteiger partial charge in [-0.15, -0.1) is 0 Å². The number of fused-ring (bicyclic) bond motifs is 1. The smallest absolute Gasteiger partial charge is 0.321 e. The van der Waals surface area contributed by atoms with Crippen LogP contribution in [0.3, 0.4) is 0 Å². The summed E-state index contributed by atoms with van der Waals surface area (Å²) in [7, 11) is 0. The third-order valence-corrected chi connectivity index (χ3v) is 5.38. The highest BCUT2D eigenvalue weighted by atomic mass is 35.5. The van der Waals surface area contributed by atoms with Gasteiger partial charge in [0.15, 0.2) is 5.69 Å². The summed E-state index contributed by atoms with van der Waals surface area (Å²) >= 11 is 5.87. The van der Waals surface area contributed by atoms with Crippen LogP contribution in [0.15, 0.2) is 42.5 Å². The number of nitrogens with zero attached hydrogens (tertiary/aromatic N) is 4. The van der Waals surface area contributed by atoms with Gasteiger partial charge >= 0.3 is 6.03 Å². The Kier molecular flexibility index (Phi) is 5.72. The number of anilines is 1. The molecule has 0 unspecified atom stereocenters. The largest absolute Gasteiger partial charge is 0.335 e. The van der Waals surface area contributed by atoms with Gasteiger partial charge in [-0.05, 0) is 36.8 Å². The fourth-order valence-corrected chi connectivity index (χ4v) is 3.61. The van der Waals surface area contributed by atoms with Crippen molar-refractivity contribution in [2.45, 2.75) is 6.42 Å². The van der Waals surface area contributed by atoms with Gasteiger partial charge < -0.3 is 15.1 Å². The maximum absolute atomic E-state index is 13.1. The number of aromatic nitrogens is 2. The molecule has 4 rings (SSSR count). The van der Waals surface area contributed by atoms with Crippen molar-refractivity contribution in [3.8, 4) is 0 Å². The number of rotatable bonds is 3. The Labute approximate surface area is 181 Å². The summed E-state index contributed by atoms with van der Waals surface area (Å²) in [6.45, 7) is 1.63. The molecule has 0 atom stereocenters. The van der Waals surface area contributed by atoms with Crippen LogP contribution >= 0.6 is 11.6 Å². The lowest BCUT2D eigenvalue weighted by molar-refractivity contribution is -0.384. The second-order valence-electron chi connectivity index (χ2n) is 7.13. The molecule has 10 nitrogen and oxygen atoms in total. The van der Waals surface area contributed by atoms with Crippen molar-refractivity contribution in [3.05, 3.63) is 63.3 Å². The number of carbonyl (C=O) groups excluding carboxylic acids is 2. The van der Waals surface area contributed by atoms with E-state index in [-0.39, 0.29) is 23.3 Å². The number of aromatic amines is 1. The molecule has 0 saturated carbocycles. The quantitative estimate of drug-likeness (QED) is 0.474. The van der Waals surface area contributed by atoms with E-state index in [2.05, 4.69) is 15.5 Å². The lowest BCUT2D eigenvalue weighted by atomic mass is 10.1. The number of carbonyl (C=O) groups is 2. The summed E-state index contributed by atoms with van der Waals surface area (Å²) in [6, 6.07) is 10.8. The standard InChI is InChI=1S/C20H19ClN6O4/c21-13-2-4-14(5-3-13)22-20(29)26-9-1-8-25(10-11-26)19(28)18-16-12-15(27(30)31)6-7-17(16)23-24-18/h2-7,12H,1,8-11H2,(H,22,29)(H,23,24). The van der Waals surface area contributed by atoms with Gasteiger partial charge in [0.1, 0.15) is 0 Å². The lowest BCUT2D eigenvalue weighted by Gasteiger charge is -2.22. The van der Waals surface area contributed by atoms with Crippen molar-refractivity contribution >= 4 is 45.8 Å². The SMILES string of the molecule is O=C(Nc1ccc(Cl)cc1)N1CCCN(C(=O)c2n[nH]c3ccc([N+](=O)[O-])cc23)CC1. The highest BCUT2D eigenvalue weighted by molar-refractivity contribution is 6.30. The summed E-state index contributed by atoms with van der Waals surface area (Å²) in [4.78, 5) is 39.5. The number of nitro benzene ring substituents is 1. The number of benzene rings is 2. The first kappa shape index (κ1) is 20.6. The van der Waals surface area contributed by atoms with Crippen LogP contribution < -0.4 is 5.32 Å². The van der Waals surface area contributed by atoms with E-state index >= 15 is 0 Å². The van der Waals surface area contributed by atoms with Crippen molar-refractivity contribution in [2.24, 2.45) is 0 Å². The molecule has 2 N–H and O–H groups in total. The summed E-state index contributed by atoms with van der Waals surface area (Å²) < 4.78 is 0. The van der Waals surface area contributed by atoms with Gasteiger partial charge in [0.05, 0.1) is 10.4 Å². The molecule has 0 aliphatic carbocycles. The van der Waals surface area contributed by atoms with Crippen LogP contribution in [0.1, 0.15) is 16.9 Å². The molecule has 3 aromatic rings. The van der Waals surface area contributed by atoms with Crippen LogP contribution in [-0.4, -0.2) is 63.0 Å². The number of hydrogen-bond acceptors (Lipinski definition) is 5. The molecule has 1 saturated heterocycles. The number of amides is 3. The Morgan fingerprint density at radius 2 is 1.77 bits per heavy atom. The second-order valence-corrected chi connectivity index (χ2v) is 7.57. The van der Waals surface area contributed by atoms with Crippen LogP contribution in [0, 0.1) is 10.1 Å². The molecule has 1 aliphatic rings. The molecular formula is C20H19ClN6O4. The number of nitro groups is 1.